The van der Waals surface area contributed by atoms with Crippen molar-refractivity contribution in [2.75, 3.05) is 19.0 Å². The van der Waals surface area contributed by atoms with Gasteiger partial charge in [-0.1, -0.05) is 6.07 Å². The Morgan fingerprint density at radius 1 is 1.53 bits per heavy atom. The third kappa shape index (κ3) is 4.08. The largest absolute Gasteiger partial charge is 0.383 e. The zero-order valence-electron chi connectivity index (χ0n) is 11.7. The fourth-order valence-electron chi connectivity index (χ4n) is 2.02. The molecule has 0 aliphatic heterocycles. The molecule has 19 heavy (non-hydrogen) atoms. The van der Waals surface area contributed by atoms with Gasteiger partial charge in [-0.3, -0.25) is 0 Å². The lowest BCUT2D eigenvalue weighted by atomic mass is 10.2. The first-order chi connectivity index (χ1) is 9.19. The first-order valence-corrected chi connectivity index (χ1v) is 7.38. The molecule has 2 heterocycles. The Balaban J connectivity index is 1.97. The average molecular weight is 279 g/mol. The van der Waals surface area contributed by atoms with E-state index in [1.165, 1.54) is 4.88 Å². The van der Waals surface area contributed by atoms with Gasteiger partial charge in [0.2, 0.25) is 5.95 Å². The maximum absolute atomic E-state index is 5.13. The van der Waals surface area contributed by atoms with E-state index in [0.717, 1.165) is 24.6 Å². The van der Waals surface area contributed by atoms with Crippen LogP contribution >= 0.6 is 11.3 Å². The standard InChI is InChI=1S/C14H21N3OS/c1-11(9-13-5-4-8-19-13)15-14-16-12(2)10-17(14)6-7-18-3/h4-5,8,10-11H,6-7,9H2,1-3H3,(H,15,16). The van der Waals surface area contributed by atoms with E-state index in [-0.39, 0.29) is 0 Å². The molecule has 104 valence electrons. The maximum Gasteiger partial charge on any atom is 0.203 e. The van der Waals surface area contributed by atoms with Crippen LogP contribution in [0, 0.1) is 6.92 Å². The molecule has 0 bridgehead atoms. The maximum atomic E-state index is 5.13. The highest BCUT2D eigenvalue weighted by molar-refractivity contribution is 7.09. The summed E-state index contributed by atoms with van der Waals surface area (Å²) < 4.78 is 7.24. The Morgan fingerprint density at radius 2 is 2.37 bits per heavy atom. The molecule has 1 unspecified atom stereocenters. The van der Waals surface area contributed by atoms with Crippen LogP contribution in [0.2, 0.25) is 0 Å². The first-order valence-electron chi connectivity index (χ1n) is 6.50. The highest BCUT2D eigenvalue weighted by Crippen LogP contribution is 2.15. The zero-order chi connectivity index (χ0) is 13.7. The summed E-state index contributed by atoms with van der Waals surface area (Å²) in [6, 6.07) is 4.63. The van der Waals surface area contributed by atoms with Gasteiger partial charge in [-0.15, -0.1) is 11.3 Å². The smallest absolute Gasteiger partial charge is 0.203 e. The number of ether oxygens (including phenoxy) is 1. The minimum Gasteiger partial charge on any atom is -0.383 e. The molecule has 4 nitrogen and oxygen atoms in total. The molecular weight excluding hydrogens is 258 g/mol. The fourth-order valence-corrected chi connectivity index (χ4v) is 2.86. The van der Waals surface area contributed by atoms with E-state index in [1.807, 2.05) is 6.92 Å². The van der Waals surface area contributed by atoms with Crippen LogP contribution in [0.4, 0.5) is 5.95 Å². The molecule has 0 fully saturated rings. The van der Waals surface area contributed by atoms with Gasteiger partial charge in [0.1, 0.15) is 0 Å². The van der Waals surface area contributed by atoms with Crippen molar-refractivity contribution < 1.29 is 4.74 Å². The molecule has 0 aliphatic rings. The lowest BCUT2D eigenvalue weighted by Gasteiger charge is -2.15. The molecule has 0 saturated carbocycles. The van der Waals surface area contributed by atoms with Gasteiger partial charge in [0.25, 0.3) is 0 Å². The normalized spacial score (nSPS) is 12.6. The van der Waals surface area contributed by atoms with Gasteiger partial charge in [0, 0.05) is 37.2 Å². The quantitative estimate of drug-likeness (QED) is 0.847. The summed E-state index contributed by atoms with van der Waals surface area (Å²) in [6.07, 6.45) is 3.08. The van der Waals surface area contributed by atoms with E-state index < -0.39 is 0 Å². The average Bonchev–Trinajstić information content (AvgIpc) is 2.97. The molecule has 1 atom stereocenters. The minimum absolute atomic E-state index is 0.363. The number of aryl methyl sites for hydroxylation is 1. The summed E-state index contributed by atoms with van der Waals surface area (Å²) in [5.74, 6) is 0.929. The number of hydrogen-bond acceptors (Lipinski definition) is 4. The van der Waals surface area contributed by atoms with Crippen LogP contribution in [0.1, 0.15) is 17.5 Å². The molecule has 0 amide bonds. The Bertz CT molecular complexity index is 493. The molecule has 1 N–H and O–H groups in total. The second-order valence-electron chi connectivity index (χ2n) is 4.72. The number of thiophene rings is 1. The van der Waals surface area contributed by atoms with E-state index >= 15 is 0 Å². The molecule has 2 aromatic heterocycles. The number of anilines is 1. The number of aromatic nitrogens is 2. The summed E-state index contributed by atoms with van der Waals surface area (Å²) in [5.41, 5.74) is 1.03. The molecule has 0 radical (unpaired) electrons. The van der Waals surface area contributed by atoms with Gasteiger partial charge < -0.3 is 14.6 Å². The molecular formula is C14H21N3OS. The molecule has 2 rings (SSSR count). The summed E-state index contributed by atoms with van der Waals surface area (Å²) in [7, 11) is 1.72. The summed E-state index contributed by atoms with van der Waals surface area (Å²) in [5, 5.41) is 5.60. The summed E-state index contributed by atoms with van der Waals surface area (Å²) in [6.45, 7) is 5.72. The van der Waals surface area contributed by atoms with E-state index in [9.17, 15) is 0 Å². The van der Waals surface area contributed by atoms with Gasteiger partial charge in [-0.05, 0) is 25.3 Å². The van der Waals surface area contributed by atoms with Gasteiger partial charge in [0.05, 0.1) is 12.3 Å². The van der Waals surface area contributed by atoms with Crippen molar-refractivity contribution in [1.29, 1.82) is 0 Å². The van der Waals surface area contributed by atoms with Crippen LogP contribution in [0.3, 0.4) is 0 Å². The number of nitrogens with one attached hydrogen (secondary N) is 1. The molecule has 2 aromatic rings. The van der Waals surface area contributed by atoms with Gasteiger partial charge in [-0.2, -0.15) is 0 Å². The van der Waals surface area contributed by atoms with Crippen LogP contribution in [0.15, 0.2) is 23.7 Å². The van der Waals surface area contributed by atoms with Crippen molar-refractivity contribution in [3.63, 3.8) is 0 Å². The Kier molecular flexibility index (Phi) is 4.99. The second kappa shape index (κ2) is 6.73. The Morgan fingerprint density at radius 3 is 3.05 bits per heavy atom. The van der Waals surface area contributed by atoms with Crippen molar-refractivity contribution in [2.45, 2.75) is 32.9 Å². The zero-order valence-corrected chi connectivity index (χ0v) is 12.5. The molecule has 5 heteroatoms. The van der Waals surface area contributed by atoms with Crippen molar-refractivity contribution in [2.24, 2.45) is 0 Å². The number of methoxy groups -OCH3 is 1. The Hall–Kier alpha value is -1.33. The van der Waals surface area contributed by atoms with E-state index in [2.05, 4.69) is 45.5 Å². The van der Waals surface area contributed by atoms with Crippen LogP contribution in [-0.2, 0) is 17.7 Å². The second-order valence-corrected chi connectivity index (χ2v) is 5.75. The van der Waals surface area contributed by atoms with Crippen molar-refractivity contribution >= 4 is 17.3 Å². The van der Waals surface area contributed by atoms with Gasteiger partial charge >= 0.3 is 0 Å². The predicted molar refractivity (Wildman–Crippen MR) is 79.9 cm³/mol. The lowest BCUT2D eigenvalue weighted by molar-refractivity contribution is 0.187. The van der Waals surface area contributed by atoms with Crippen LogP contribution in [0.25, 0.3) is 0 Å². The van der Waals surface area contributed by atoms with Crippen molar-refractivity contribution in [3.8, 4) is 0 Å². The number of nitrogens with zero attached hydrogens (tertiary/aromatic N) is 2. The van der Waals surface area contributed by atoms with E-state index in [4.69, 9.17) is 4.74 Å². The van der Waals surface area contributed by atoms with Gasteiger partial charge in [0.15, 0.2) is 0 Å². The van der Waals surface area contributed by atoms with Gasteiger partial charge in [-0.25, -0.2) is 4.98 Å². The monoisotopic (exact) mass is 279 g/mol. The third-order valence-corrected chi connectivity index (χ3v) is 3.79. The first kappa shape index (κ1) is 14.1. The summed E-state index contributed by atoms with van der Waals surface area (Å²) in [4.78, 5) is 5.93. The number of imidazole rings is 1. The SMILES string of the molecule is COCCn1cc(C)nc1NC(C)Cc1cccs1. The summed E-state index contributed by atoms with van der Waals surface area (Å²) >= 11 is 1.80. The van der Waals surface area contributed by atoms with E-state index in [0.29, 0.717) is 12.6 Å². The topological polar surface area (TPSA) is 39.1 Å². The molecule has 0 spiro atoms. The van der Waals surface area contributed by atoms with E-state index in [1.54, 1.807) is 18.4 Å². The van der Waals surface area contributed by atoms with Crippen LogP contribution < -0.4 is 5.32 Å². The van der Waals surface area contributed by atoms with Crippen LogP contribution in [0.5, 0.6) is 0 Å². The van der Waals surface area contributed by atoms with Crippen molar-refractivity contribution in [3.05, 3.63) is 34.3 Å². The van der Waals surface area contributed by atoms with Crippen LogP contribution in [-0.4, -0.2) is 29.3 Å². The Labute approximate surface area is 118 Å². The number of hydrogen-bond donors (Lipinski definition) is 1. The van der Waals surface area contributed by atoms with Crippen molar-refractivity contribution in [1.82, 2.24) is 9.55 Å². The fraction of sp³-hybridized carbons (Fsp3) is 0.500. The molecule has 0 aliphatic carbocycles. The number of rotatable bonds is 7. The third-order valence-electron chi connectivity index (χ3n) is 2.90. The lowest BCUT2D eigenvalue weighted by Crippen LogP contribution is -2.21. The minimum atomic E-state index is 0.363. The predicted octanol–water partition coefficient (Wildman–Crippen LogP) is 2.94. The highest BCUT2D eigenvalue weighted by atomic mass is 32.1. The molecule has 0 aromatic carbocycles. The molecule has 0 saturated heterocycles. The highest BCUT2D eigenvalue weighted by Gasteiger charge is 2.10.